The van der Waals surface area contributed by atoms with Crippen LogP contribution in [0.2, 0.25) is 0 Å². The summed E-state index contributed by atoms with van der Waals surface area (Å²) in [4.78, 5) is 18.5. The van der Waals surface area contributed by atoms with Crippen molar-refractivity contribution in [3.8, 4) is 0 Å². The van der Waals surface area contributed by atoms with Gasteiger partial charge in [0.15, 0.2) is 5.78 Å². The molecule has 0 atom stereocenters. The van der Waals surface area contributed by atoms with Crippen molar-refractivity contribution in [1.29, 1.82) is 0 Å². The van der Waals surface area contributed by atoms with Crippen LogP contribution in [0.4, 0.5) is 0 Å². The second kappa shape index (κ2) is 4.37. The monoisotopic (exact) mass is 198 g/mol. The molecule has 2 heterocycles. The maximum Gasteiger partial charge on any atom is 0.187 e. The lowest BCUT2D eigenvalue weighted by atomic mass is 10.2. The molecule has 3 heteroatoms. The van der Waals surface area contributed by atoms with Gasteiger partial charge in [0.2, 0.25) is 0 Å². The Hall–Kier alpha value is -2.16. The van der Waals surface area contributed by atoms with Crippen LogP contribution in [0.1, 0.15) is 16.1 Å². The number of aromatic amines is 1. The zero-order valence-corrected chi connectivity index (χ0v) is 8.05. The van der Waals surface area contributed by atoms with Gasteiger partial charge in [-0.2, -0.15) is 0 Å². The molecule has 2 aromatic rings. The number of H-pyrrole nitrogens is 1. The summed E-state index contributed by atoms with van der Waals surface area (Å²) in [6.45, 7) is 0. The number of nitrogens with one attached hydrogen (secondary N) is 1. The van der Waals surface area contributed by atoms with Crippen LogP contribution in [-0.4, -0.2) is 15.8 Å². The lowest BCUT2D eigenvalue weighted by Gasteiger charge is -1.92. The number of hydrogen-bond donors (Lipinski definition) is 1. The van der Waals surface area contributed by atoms with E-state index in [4.69, 9.17) is 0 Å². The van der Waals surface area contributed by atoms with Crippen molar-refractivity contribution in [1.82, 2.24) is 9.97 Å². The lowest BCUT2D eigenvalue weighted by Crippen LogP contribution is -1.93. The summed E-state index contributed by atoms with van der Waals surface area (Å²) >= 11 is 0. The molecule has 0 saturated heterocycles. The Morgan fingerprint density at radius 1 is 1.33 bits per heavy atom. The highest BCUT2D eigenvalue weighted by molar-refractivity contribution is 6.06. The maximum absolute atomic E-state index is 11.6. The van der Waals surface area contributed by atoms with Crippen molar-refractivity contribution in [2.75, 3.05) is 0 Å². The van der Waals surface area contributed by atoms with E-state index in [1.54, 1.807) is 30.6 Å². The molecule has 0 aliphatic carbocycles. The van der Waals surface area contributed by atoms with E-state index in [0.29, 0.717) is 5.56 Å². The van der Waals surface area contributed by atoms with Crippen molar-refractivity contribution >= 4 is 11.9 Å². The molecule has 0 fully saturated rings. The summed E-state index contributed by atoms with van der Waals surface area (Å²) in [7, 11) is 0. The maximum atomic E-state index is 11.6. The van der Waals surface area contributed by atoms with Gasteiger partial charge in [-0.1, -0.05) is 0 Å². The molecule has 2 rings (SSSR count). The Labute approximate surface area is 87.5 Å². The average molecular weight is 198 g/mol. The molecule has 0 aromatic carbocycles. The summed E-state index contributed by atoms with van der Waals surface area (Å²) in [5.74, 6) is -0.0438. The predicted octanol–water partition coefficient (Wildman–Crippen LogP) is 2.31. The van der Waals surface area contributed by atoms with E-state index >= 15 is 0 Å². The Bertz CT molecular complexity index is 458. The number of carbonyl (C=O) groups is 1. The van der Waals surface area contributed by atoms with Crippen LogP contribution in [0.25, 0.3) is 6.08 Å². The number of hydrogen-bond acceptors (Lipinski definition) is 2. The summed E-state index contributed by atoms with van der Waals surface area (Å²) in [6.07, 6.45) is 8.29. The number of rotatable bonds is 3. The first-order valence-electron chi connectivity index (χ1n) is 4.62. The third-order valence-corrected chi connectivity index (χ3v) is 1.98. The van der Waals surface area contributed by atoms with E-state index in [1.807, 2.05) is 18.3 Å². The number of aromatic nitrogens is 2. The fraction of sp³-hybridized carbons (Fsp3) is 0. The van der Waals surface area contributed by atoms with E-state index in [0.717, 1.165) is 5.69 Å². The Kier molecular flexibility index (Phi) is 2.74. The van der Waals surface area contributed by atoms with Crippen molar-refractivity contribution in [2.24, 2.45) is 0 Å². The van der Waals surface area contributed by atoms with Crippen LogP contribution >= 0.6 is 0 Å². The van der Waals surface area contributed by atoms with Crippen LogP contribution < -0.4 is 0 Å². The fourth-order valence-corrected chi connectivity index (χ4v) is 1.22. The van der Waals surface area contributed by atoms with Crippen LogP contribution in [0.5, 0.6) is 0 Å². The number of nitrogens with zero attached hydrogens (tertiary/aromatic N) is 1. The van der Waals surface area contributed by atoms with Gasteiger partial charge in [-0.3, -0.25) is 9.78 Å². The van der Waals surface area contributed by atoms with Crippen molar-refractivity contribution in [3.63, 3.8) is 0 Å². The molecule has 0 spiro atoms. The number of pyridine rings is 1. The van der Waals surface area contributed by atoms with Crippen LogP contribution in [0.15, 0.2) is 48.9 Å². The standard InChI is InChI=1S/C12H10N2O/c15-12(10-3-1-7-13-9-10)6-5-11-4-2-8-14-11/h1-9,14H. The lowest BCUT2D eigenvalue weighted by molar-refractivity contribution is 0.104. The first kappa shape index (κ1) is 9.40. The van der Waals surface area contributed by atoms with Gasteiger partial charge in [0.05, 0.1) is 0 Å². The second-order valence-electron chi connectivity index (χ2n) is 3.06. The van der Waals surface area contributed by atoms with Gasteiger partial charge in [-0.05, 0) is 36.4 Å². The van der Waals surface area contributed by atoms with Crippen molar-refractivity contribution in [3.05, 3.63) is 60.2 Å². The first-order valence-corrected chi connectivity index (χ1v) is 4.62. The topological polar surface area (TPSA) is 45.8 Å². The molecule has 0 bridgehead atoms. The second-order valence-corrected chi connectivity index (χ2v) is 3.06. The molecule has 1 N–H and O–H groups in total. The summed E-state index contributed by atoms with van der Waals surface area (Å²) in [6, 6.07) is 7.27. The van der Waals surface area contributed by atoms with Crippen LogP contribution in [-0.2, 0) is 0 Å². The molecule has 0 radical (unpaired) electrons. The summed E-state index contributed by atoms with van der Waals surface area (Å²) in [5, 5.41) is 0. The molecule has 0 unspecified atom stereocenters. The van der Waals surface area contributed by atoms with Gasteiger partial charge in [-0.25, -0.2) is 0 Å². The molecular weight excluding hydrogens is 188 g/mol. The average Bonchev–Trinajstić information content (AvgIpc) is 2.80. The SMILES string of the molecule is O=C(C=Cc1ccc[nH]1)c1cccnc1. The van der Waals surface area contributed by atoms with Gasteiger partial charge in [-0.15, -0.1) is 0 Å². The number of carbonyl (C=O) groups excluding carboxylic acids is 1. The normalized spacial score (nSPS) is 10.7. The third-order valence-electron chi connectivity index (χ3n) is 1.98. The van der Waals surface area contributed by atoms with E-state index in [-0.39, 0.29) is 5.78 Å². The number of allylic oxidation sites excluding steroid dienone is 1. The van der Waals surface area contributed by atoms with Crippen molar-refractivity contribution < 1.29 is 4.79 Å². The van der Waals surface area contributed by atoms with Gasteiger partial charge in [0.25, 0.3) is 0 Å². The first-order chi connectivity index (χ1) is 7.36. The van der Waals surface area contributed by atoms with Crippen LogP contribution in [0, 0.1) is 0 Å². The van der Waals surface area contributed by atoms with Gasteiger partial charge in [0, 0.05) is 29.8 Å². The van der Waals surface area contributed by atoms with E-state index in [1.165, 1.54) is 6.08 Å². The van der Waals surface area contributed by atoms with Crippen molar-refractivity contribution in [2.45, 2.75) is 0 Å². The largest absolute Gasteiger partial charge is 0.362 e. The summed E-state index contributed by atoms with van der Waals surface area (Å²) in [5.41, 5.74) is 1.51. The van der Waals surface area contributed by atoms with Gasteiger partial charge in [0.1, 0.15) is 0 Å². The molecule has 3 nitrogen and oxygen atoms in total. The van der Waals surface area contributed by atoms with Gasteiger partial charge < -0.3 is 4.98 Å². The minimum absolute atomic E-state index is 0.0438. The van der Waals surface area contributed by atoms with E-state index in [2.05, 4.69) is 9.97 Å². The molecular formula is C12H10N2O. The molecule has 0 amide bonds. The van der Waals surface area contributed by atoms with E-state index < -0.39 is 0 Å². The minimum Gasteiger partial charge on any atom is -0.362 e. The zero-order chi connectivity index (χ0) is 10.5. The van der Waals surface area contributed by atoms with Crippen LogP contribution in [0.3, 0.4) is 0 Å². The Balaban J connectivity index is 2.11. The fourth-order valence-electron chi connectivity index (χ4n) is 1.22. The molecule has 0 aliphatic heterocycles. The molecule has 15 heavy (non-hydrogen) atoms. The minimum atomic E-state index is -0.0438. The Morgan fingerprint density at radius 2 is 2.27 bits per heavy atom. The smallest absolute Gasteiger partial charge is 0.187 e. The Morgan fingerprint density at radius 3 is 2.93 bits per heavy atom. The molecule has 2 aromatic heterocycles. The summed E-state index contributed by atoms with van der Waals surface area (Å²) < 4.78 is 0. The molecule has 74 valence electrons. The number of ketones is 1. The van der Waals surface area contributed by atoms with E-state index in [9.17, 15) is 4.79 Å². The highest BCUT2D eigenvalue weighted by atomic mass is 16.1. The van der Waals surface area contributed by atoms with Gasteiger partial charge >= 0.3 is 0 Å². The quantitative estimate of drug-likeness (QED) is 0.607. The predicted molar refractivity (Wildman–Crippen MR) is 58.4 cm³/mol. The zero-order valence-electron chi connectivity index (χ0n) is 8.05. The highest BCUT2D eigenvalue weighted by Gasteiger charge is 1.99. The molecule has 0 aliphatic rings. The third kappa shape index (κ3) is 2.40. The highest BCUT2D eigenvalue weighted by Crippen LogP contribution is 2.02. The molecule has 0 saturated carbocycles.